The predicted octanol–water partition coefficient (Wildman–Crippen LogP) is 13.8. The SMILES string of the molecule is Cc1c(N=C=O)cccc1C(=O)NC(C)CC(F)(F)C(F)(F)C(F)(F)C(F)(F)C(F)(F)C(F)(F)C(F)(F)C(F)(F)C(F)(F)C(F)(F)C(F)(F)C(F)(F)C(F)(F)C(F)(F)C(F)(F)C(F)(F)C(F)(F)C(F)(F)F. The van der Waals surface area contributed by atoms with Gasteiger partial charge in [0.05, 0.1) is 5.69 Å². The Morgan fingerprint density at radius 2 is 0.676 bits per heavy atom. The van der Waals surface area contributed by atoms with Crippen LogP contribution in [0.3, 0.4) is 0 Å². The van der Waals surface area contributed by atoms with Crippen molar-refractivity contribution in [3.63, 3.8) is 0 Å². The van der Waals surface area contributed by atoms with Gasteiger partial charge in [0, 0.05) is 18.0 Å². The fraction of sp³-hybridized carbons (Fsp3) is 0.733. The van der Waals surface area contributed by atoms with E-state index < -0.39 is 142 Å². The van der Waals surface area contributed by atoms with Gasteiger partial charge in [-0.2, -0.15) is 167 Å². The molecule has 0 aromatic heterocycles. The van der Waals surface area contributed by atoms with Crippen molar-refractivity contribution in [3.05, 3.63) is 29.3 Å². The minimum atomic E-state index is -10.5. The van der Waals surface area contributed by atoms with Crippen molar-refractivity contribution >= 4 is 17.7 Å². The number of carbonyl (C=O) groups is 1. The maximum absolute atomic E-state index is 14.5. The molecule has 0 bridgehead atoms. The Hall–Kier alpha value is -4.52. The smallest absolute Gasteiger partial charge is 0.349 e. The second-order valence-electron chi connectivity index (χ2n) is 14.1. The number of alkyl halides is 37. The molecule has 1 N–H and O–H groups in total. The first-order valence-corrected chi connectivity index (χ1v) is 16.5. The van der Waals surface area contributed by atoms with Gasteiger partial charge in [-0.05, 0) is 31.5 Å². The molecule has 0 aliphatic carbocycles. The molecule has 1 aromatic carbocycles. The molecule has 1 atom stereocenters. The summed E-state index contributed by atoms with van der Waals surface area (Å²) in [6.07, 6.45) is -11.0. The highest BCUT2D eigenvalue weighted by Crippen LogP contribution is 2.71. The van der Waals surface area contributed by atoms with Gasteiger partial charge in [-0.1, -0.05) is 6.07 Å². The number of hydrogen-bond donors (Lipinski definition) is 1. The van der Waals surface area contributed by atoms with Crippen molar-refractivity contribution in [3.8, 4) is 0 Å². The van der Waals surface area contributed by atoms with Gasteiger partial charge < -0.3 is 5.32 Å². The summed E-state index contributed by atoms with van der Waals surface area (Å²) in [5.74, 6) is -168. The number of aliphatic imine (C=N–C) groups is 1. The zero-order valence-corrected chi connectivity index (χ0v) is 32.3. The highest BCUT2D eigenvalue weighted by Gasteiger charge is 3.02. The van der Waals surface area contributed by atoms with Crippen LogP contribution in [0.2, 0.25) is 0 Å². The molecule has 414 valence electrons. The largest absolute Gasteiger partial charge is 0.460 e. The first-order valence-electron chi connectivity index (χ1n) is 16.5. The van der Waals surface area contributed by atoms with Gasteiger partial charge in [0.15, 0.2) is 0 Å². The van der Waals surface area contributed by atoms with Crippen LogP contribution in [0.15, 0.2) is 23.2 Å². The summed E-state index contributed by atoms with van der Waals surface area (Å²) in [6, 6.07) is -0.570. The van der Waals surface area contributed by atoms with Gasteiger partial charge in [-0.25, -0.2) is 4.79 Å². The van der Waals surface area contributed by atoms with E-state index in [2.05, 4.69) is 4.99 Å². The van der Waals surface area contributed by atoms with E-state index in [9.17, 15) is 172 Å². The second-order valence-corrected chi connectivity index (χ2v) is 14.1. The number of amides is 1. The van der Waals surface area contributed by atoms with Crippen LogP contribution < -0.4 is 5.32 Å². The lowest BCUT2D eigenvalue weighted by atomic mass is 9.82. The lowest BCUT2D eigenvalue weighted by Crippen LogP contribution is -2.80. The van der Waals surface area contributed by atoms with E-state index in [-0.39, 0.29) is 6.92 Å². The van der Waals surface area contributed by atoms with E-state index in [4.69, 9.17) is 0 Å². The number of isocyanates is 1. The summed E-state index contributed by atoms with van der Waals surface area (Å²) in [4.78, 5) is 25.8. The maximum atomic E-state index is 14.5. The number of nitrogens with zero attached hydrogens (tertiary/aromatic N) is 1. The number of carbonyl (C=O) groups excluding carboxylic acids is 2. The molecule has 1 unspecified atom stereocenters. The summed E-state index contributed by atoms with van der Waals surface area (Å²) < 4.78 is 514. The summed E-state index contributed by atoms with van der Waals surface area (Å²) in [5.41, 5.74) is -1.78. The van der Waals surface area contributed by atoms with E-state index in [1.807, 2.05) is 0 Å². The fourth-order valence-electron chi connectivity index (χ4n) is 5.07. The maximum Gasteiger partial charge on any atom is 0.460 e. The van der Waals surface area contributed by atoms with Gasteiger partial charge in [-0.3, -0.25) is 4.79 Å². The Balaban J connectivity index is 3.96. The Morgan fingerprint density at radius 3 is 0.915 bits per heavy atom. The van der Waals surface area contributed by atoms with E-state index in [1.54, 1.807) is 0 Å². The van der Waals surface area contributed by atoms with Crippen LogP contribution in [0.4, 0.5) is 168 Å². The molecule has 1 aromatic rings. The lowest BCUT2D eigenvalue weighted by Gasteiger charge is -2.47. The van der Waals surface area contributed by atoms with Crippen molar-refractivity contribution in [1.29, 1.82) is 0 Å². The zero-order valence-electron chi connectivity index (χ0n) is 32.3. The quantitative estimate of drug-likeness (QED) is 0.0758. The van der Waals surface area contributed by atoms with Crippen LogP contribution in [0, 0.1) is 6.92 Å². The van der Waals surface area contributed by atoms with Gasteiger partial charge in [0.2, 0.25) is 6.08 Å². The monoisotopic (exact) mass is 1140 g/mol. The minimum absolute atomic E-state index is 0.0119. The van der Waals surface area contributed by atoms with E-state index in [1.165, 1.54) is 5.32 Å². The molecule has 0 aliphatic rings. The Morgan fingerprint density at radius 1 is 0.437 bits per heavy atom. The lowest BCUT2D eigenvalue weighted by molar-refractivity contribution is -0.493. The molecule has 71 heavy (non-hydrogen) atoms. The van der Waals surface area contributed by atoms with Crippen LogP contribution in [-0.2, 0) is 4.79 Å². The van der Waals surface area contributed by atoms with Gasteiger partial charge in [0.25, 0.3) is 5.91 Å². The van der Waals surface area contributed by atoms with Crippen molar-refractivity contribution in [1.82, 2.24) is 5.32 Å². The van der Waals surface area contributed by atoms with Crippen LogP contribution in [-0.4, -0.2) is 125 Å². The molecule has 1 rings (SSSR count). The molecule has 0 fully saturated rings. The average molecular weight is 1140 g/mol. The zero-order chi connectivity index (χ0) is 57.8. The summed E-state index contributed by atoms with van der Waals surface area (Å²) >= 11 is 0. The first-order chi connectivity index (χ1) is 30.5. The van der Waals surface area contributed by atoms with E-state index >= 15 is 0 Å². The summed E-state index contributed by atoms with van der Waals surface area (Å²) in [5, 5.41) is 1.19. The molecule has 0 aliphatic heterocycles. The van der Waals surface area contributed by atoms with Gasteiger partial charge in [0.1, 0.15) is 0 Å². The third-order valence-electron chi connectivity index (χ3n) is 9.39. The number of halogens is 37. The van der Waals surface area contributed by atoms with Crippen LogP contribution in [0.25, 0.3) is 0 Å². The molecule has 4 nitrogen and oxygen atoms in total. The number of rotatable bonds is 21. The molecular weight excluding hydrogens is 1120 g/mol. The van der Waals surface area contributed by atoms with Crippen LogP contribution >= 0.6 is 0 Å². The second kappa shape index (κ2) is 17.3. The molecule has 0 heterocycles. The van der Waals surface area contributed by atoms with Gasteiger partial charge >= 0.3 is 107 Å². The van der Waals surface area contributed by atoms with Crippen molar-refractivity contribution in [2.75, 3.05) is 0 Å². The normalized spacial score (nSPS) is 16.4. The topological polar surface area (TPSA) is 58.5 Å². The summed E-state index contributed by atoms with van der Waals surface area (Å²) in [7, 11) is 0. The number of nitrogens with one attached hydrogen (secondary N) is 1. The number of hydrogen-bond acceptors (Lipinski definition) is 3. The van der Waals surface area contributed by atoms with E-state index in [0.717, 1.165) is 25.1 Å². The highest BCUT2D eigenvalue weighted by molar-refractivity contribution is 5.97. The third-order valence-corrected chi connectivity index (χ3v) is 9.39. The standard InChI is InChI=1S/C30H13F37N2O2/c1-8(69-12(71)10-4-3-5-11(9(10)2)68-7-70)6-13(31,32)14(33,34)15(35,36)16(37,38)17(39,40)18(41,42)19(43,44)20(45,46)21(47,48)22(49,50)23(51,52)24(53,54)25(55,56)26(57,58)27(59,60)28(61,62)29(63,64)30(65,66)67/h3-5,8H,6H2,1-2H3,(H,69,71). The average Bonchev–Trinajstić information content (AvgIpc) is 3.16. The highest BCUT2D eigenvalue weighted by atomic mass is 19.4. The minimum Gasteiger partial charge on any atom is -0.349 e. The molecule has 0 radical (unpaired) electrons. The van der Waals surface area contributed by atoms with Crippen molar-refractivity contribution in [2.45, 2.75) is 133 Å². The molecular formula is C30H13F37N2O2. The number of benzene rings is 1. The Labute approximate surface area is 363 Å². The Bertz CT molecular complexity index is 2180. The first kappa shape index (κ1) is 64.5. The predicted molar refractivity (Wildman–Crippen MR) is 151 cm³/mol. The van der Waals surface area contributed by atoms with Crippen LogP contribution in [0.1, 0.15) is 29.3 Å². The van der Waals surface area contributed by atoms with Crippen molar-refractivity contribution in [2.24, 2.45) is 4.99 Å². The molecule has 0 spiro atoms. The molecule has 0 saturated heterocycles. The van der Waals surface area contributed by atoms with E-state index in [0.29, 0.717) is 6.07 Å². The third kappa shape index (κ3) is 8.28. The van der Waals surface area contributed by atoms with Gasteiger partial charge in [-0.15, -0.1) is 0 Å². The fourth-order valence-corrected chi connectivity index (χ4v) is 5.07. The summed E-state index contributed by atoms with van der Waals surface area (Å²) in [6.45, 7) is 0.858. The molecule has 0 saturated carbocycles. The Kier molecular flexibility index (Phi) is 15.7. The molecule has 41 heteroatoms. The van der Waals surface area contributed by atoms with Crippen LogP contribution in [0.5, 0.6) is 0 Å². The molecule has 1 amide bonds. The van der Waals surface area contributed by atoms with Crippen molar-refractivity contribution < 1.29 is 172 Å².